The molecule has 0 saturated heterocycles. The Labute approximate surface area is 50.6 Å². The van der Waals surface area contributed by atoms with Crippen molar-refractivity contribution in [3.63, 3.8) is 0 Å². The third kappa shape index (κ3) is 16.6. The second-order valence-corrected chi connectivity index (χ2v) is 1.43. The largest absolute Gasteiger partial charge is 0.328 e. The normalized spacial score (nSPS) is 8.00. The molecule has 0 aliphatic rings. The predicted molar refractivity (Wildman–Crippen MR) is 34.2 cm³/mol. The van der Waals surface area contributed by atoms with Crippen LogP contribution in [0.4, 0.5) is 0 Å². The summed E-state index contributed by atoms with van der Waals surface area (Å²) in [5.74, 6) is 0. The molecule has 0 aromatic rings. The van der Waals surface area contributed by atoms with E-state index in [0.717, 1.165) is 0 Å². The Kier molecular flexibility index (Phi) is 13.8. The third-order valence-electron chi connectivity index (χ3n) is 0.245. The molecule has 0 aliphatic carbocycles. The molecule has 0 rings (SSSR count). The maximum atomic E-state index is 7.95. The van der Waals surface area contributed by atoms with Gasteiger partial charge in [0.25, 0.3) is 0 Å². The fourth-order valence-electron chi connectivity index (χ4n) is 0.115. The van der Waals surface area contributed by atoms with Gasteiger partial charge in [0.15, 0.2) is 0 Å². The van der Waals surface area contributed by atoms with Gasteiger partial charge in [-0.25, -0.2) is 0 Å². The number of rotatable bonds is 2. The molecule has 0 bridgehead atoms. The van der Waals surface area contributed by atoms with E-state index in [9.17, 15) is 0 Å². The molecular formula is C4H11O3P. The lowest BCUT2D eigenvalue weighted by Gasteiger charge is -1.95. The second-order valence-electron chi connectivity index (χ2n) is 0.671. The molecule has 50 valence electrons. The van der Waals surface area contributed by atoms with Crippen molar-refractivity contribution in [3.05, 3.63) is 13.2 Å². The Morgan fingerprint density at radius 2 is 1.88 bits per heavy atom. The molecule has 4 heteroatoms. The van der Waals surface area contributed by atoms with Crippen LogP contribution in [-0.2, 0) is 4.52 Å². The van der Waals surface area contributed by atoms with Crippen molar-refractivity contribution in [2.24, 2.45) is 0 Å². The zero-order chi connectivity index (χ0) is 6.99. The van der Waals surface area contributed by atoms with Crippen LogP contribution in [0.1, 0.15) is 6.92 Å². The molecule has 0 heterocycles. The van der Waals surface area contributed by atoms with Crippen molar-refractivity contribution in [2.75, 3.05) is 6.61 Å². The first-order chi connectivity index (χ1) is 3.77. The standard InChI is InChI=1S/C2H7O3P.C2H4/c1-2-5-6(3)4;1-2/h3-4H,2H2,1H3;1-2H2. The highest BCUT2D eigenvalue weighted by atomic mass is 31.2. The Morgan fingerprint density at radius 3 is 1.88 bits per heavy atom. The van der Waals surface area contributed by atoms with Gasteiger partial charge in [0.2, 0.25) is 0 Å². The minimum absolute atomic E-state index is 0.360. The van der Waals surface area contributed by atoms with Crippen LogP contribution < -0.4 is 0 Å². The van der Waals surface area contributed by atoms with Crippen LogP contribution in [0.2, 0.25) is 0 Å². The van der Waals surface area contributed by atoms with Crippen LogP contribution in [0.3, 0.4) is 0 Å². The lowest BCUT2D eigenvalue weighted by Crippen LogP contribution is -1.78. The monoisotopic (exact) mass is 138 g/mol. The average Bonchev–Trinajstić information content (AvgIpc) is 1.72. The van der Waals surface area contributed by atoms with Gasteiger partial charge < -0.3 is 14.3 Å². The van der Waals surface area contributed by atoms with Crippen molar-refractivity contribution < 1.29 is 14.3 Å². The summed E-state index contributed by atoms with van der Waals surface area (Å²) in [6.45, 7) is 8.06. The van der Waals surface area contributed by atoms with E-state index in [1.807, 2.05) is 0 Å². The fourth-order valence-corrected chi connectivity index (χ4v) is 0.346. The van der Waals surface area contributed by atoms with Gasteiger partial charge in [-0.2, -0.15) is 0 Å². The SMILES string of the molecule is C=C.CCOP(O)O. The molecular weight excluding hydrogens is 127 g/mol. The molecule has 0 spiro atoms. The van der Waals surface area contributed by atoms with Gasteiger partial charge in [-0.3, -0.25) is 0 Å². The topological polar surface area (TPSA) is 49.7 Å². The molecule has 0 saturated carbocycles. The van der Waals surface area contributed by atoms with E-state index in [4.69, 9.17) is 9.79 Å². The summed E-state index contributed by atoms with van der Waals surface area (Å²) in [4.78, 5) is 15.9. The van der Waals surface area contributed by atoms with Gasteiger partial charge in [-0.05, 0) is 6.92 Å². The van der Waals surface area contributed by atoms with Crippen LogP contribution in [0.5, 0.6) is 0 Å². The summed E-state index contributed by atoms with van der Waals surface area (Å²) < 4.78 is 4.22. The predicted octanol–water partition coefficient (Wildman–Crippen LogP) is 1.04. The number of hydrogen-bond donors (Lipinski definition) is 2. The van der Waals surface area contributed by atoms with E-state index in [1.165, 1.54) is 0 Å². The molecule has 8 heavy (non-hydrogen) atoms. The van der Waals surface area contributed by atoms with Crippen molar-refractivity contribution in [2.45, 2.75) is 6.92 Å². The summed E-state index contributed by atoms with van der Waals surface area (Å²) in [6, 6.07) is 0. The molecule has 0 amide bonds. The van der Waals surface area contributed by atoms with Crippen LogP contribution in [-0.4, -0.2) is 16.4 Å². The first kappa shape index (κ1) is 10.9. The summed E-state index contributed by atoms with van der Waals surface area (Å²) >= 11 is 0. The van der Waals surface area contributed by atoms with Crippen LogP contribution in [0.25, 0.3) is 0 Å². The molecule has 3 nitrogen and oxygen atoms in total. The second kappa shape index (κ2) is 10.1. The molecule has 0 aromatic carbocycles. The smallest absolute Gasteiger partial charge is 0.327 e. The Bertz CT molecular complexity index is 40.3. The van der Waals surface area contributed by atoms with Crippen LogP contribution >= 0.6 is 8.60 Å². The summed E-state index contributed by atoms with van der Waals surface area (Å²) in [5.41, 5.74) is 0. The van der Waals surface area contributed by atoms with E-state index in [0.29, 0.717) is 6.61 Å². The molecule has 0 radical (unpaired) electrons. The van der Waals surface area contributed by atoms with Crippen molar-refractivity contribution in [1.82, 2.24) is 0 Å². The first-order valence-corrected chi connectivity index (χ1v) is 3.24. The first-order valence-electron chi connectivity index (χ1n) is 2.08. The highest BCUT2D eigenvalue weighted by Crippen LogP contribution is 2.22. The van der Waals surface area contributed by atoms with Gasteiger partial charge in [-0.15, -0.1) is 13.2 Å². The quantitative estimate of drug-likeness (QED) is 0.442. The fraction of sp³-hybridized carbons (Fsp3) is 0.500. The summed E-state index contributed by atoms with van der Waals surface area (Å²) in [7, 11) is -2.10. The average molecular weight is 138 g/mol. The molecule has 0 unspecified atom stereocenters. The minimum atomic E-state index is -2.10. The van der Waals surface area contributed by atoms with Gasteiger partial charge in [0.05, 0.1) is 6.61 Å². The van der Waals surface area contributed by atoms with E-state index in [2.05, 4.69) is 17.7 Å². The van der Waals surface area contributed by atoms with Crippen molar-refractivity contribution in [1.29, 1.82) is 0 Å². The van der Waals surface area contributed by atoms with Gasteiger partial charge in [-0.1, -0.05) is 0 Å². The highest BCUT2D eigenvalue weighted by molar-refractivity contribution is 7.39. The van der Waals surface area contributed by atoms with Crippen LogP contribution in [0, 0.1) is 0 Å². The van der Waals surface area contributed by atoms with E-state index >= 15 is 0 Å². The maximum Gasteiger partial charge on any atom is 0.327 e. The van der Waals surface area contributed by atoms with E-state index < -0.39 is 8.60 Å². The Hall–Kier alpha value is 0.0500. The molecule has 0 atom stereocenters. The van der Waals surface area contributed by atoms with E-state index in [-0.39, 0.29) is 0 Å². The van der Waals surface area contributed by atoms with Crippen LogP contribution in [0.15, 0.2) is 13.2 Å². The Morgan fingerprint density at radius 1 is 1.50 bits per heavy atom. The van der Waals surface area contributed by atoms with Crippen molar-refractivity contribution >= 4 is 8.60 Å². The zero-order valence-electron chi connectivity index (χ0n) is 4.87. The minimum Gasteiger partial charge on any atom is -0.328 e. The maximum absolute atomic E-state index is 7.95. The number of hydrogen-bond acceptors (Lipinski definition) is 3. The molecule has 0 aliphatic heterocycles. The van der Waals surface area contributed by atoms with Crippen molar-refractivity contribution in [3.8, 4) is 0 Å². The summed E-state index contributed by atoms with van der Waals surface area (Å²) in [6.07, 6.45) is 0. The van der Waals surface area contributed by atoms with E-state index in [1.54, 1.807) is 6.92 Å². The summed E-state index contributed by atoms with van der Waals surface area (Å²) in [5, 5.41) is 0. The van der Waals surface area contributed by atoms with Gasteiger partial charge >= 0.3 is 8.60 Å². The highest BCUT2D eigenvalue weighted by Gasteiger charge is 1.91. The van der Waals surface area contributed by atoms with Gasteiger partial charge in [0.1, 0.15) is 0 Å². The lowest BCUT2D eigenvalue weighted by molar-refractivity contribution is 0.269. The Balaban J connectivity index is 0. The molecule has 0 fully saturated rings. The molecule has 2 N–H and O–H groups in total. The van der Waals surface area contributed by atoms with Gasteiger partial charge in [0, 0.05) is 0 Å². The molecule has 0 aromatic heterocycles. The zero-order valence-corrected chi connectivity index (χ0v) is 5.77. The lowest BCUT2D eigenvalue weighted by atomic mass is 10.9. The third-order valence-corrected chi connectivity index (χ3v) is 0.734.